The molecule has 5 heteroatoms. The SMILES string of the molecule is CC1=C(C)c2cc(C(=O)NC(CO)c3ccccc3)ccc2C(C)C(Cc2ccc(-c3ccccc3C(=O)O)cc2)C1. The summed E-state index contributed by atoms with van der Waals surface area (Å²) in [7, 11) is 0. The number of aliphatic hydroxyl groups excluding tert-OH is 1. The van der Waals surface area contributed by atoms with Gasteiger partial charge in [-0.3, -0.25) is 4.79 Å². The van der Waals surface area contributed by atoms with Crippen LogP contribution < -0.4 is 5.32 Å². The van der Waals surface area contributed by atoms with Crippen molar-refractivity contribution in [3.05, 3.63) is 136 Å². The number of benzene rings is 4. The van der Waals surface area contributed by atoms with Crippen molar-refractivity contribution in [2.45, 2.75) is 45.6 Å². The molecule has 0 radical (unpaired) electrons. The van der Waals surface area contributed by atoms with E-state index in [9.17, 15) is 19.8 Å². The van der Waals surface area contributed by atoms with Gasteiger partial charge in [0.05, 0.1) is 18.2 Å². The van der Waals surface area contributed by atoms with Gasteiger partial charge in [0.15, 0.2) is 0 Å². The summed E-state index contributed by atoms with van der Waals surface area (Å²) in [4.78, 5) is 24.9. The number of hydrogen-bond acceptors (Lipinski definition) is 3. The van der Waals surface area contributed by atoms with Crippen LogP contribution in [-0.4, -0.2) is 28.7 Å². The van der Waals surface area contributed by atoms with E-state index in [2.05, 4.69) is 44.3 Å². The van der Waals surface area contributed by atoms with Gasteiger partial charge in [0, 0.05) is 5.56 Å². The minimum Gasteiger partial charge on any atom is -0.478 e. The van der Waals surface area contributed by atoms with Gasteiger partial charge in [-0.15, -0.1) is 0 Å². The molecule has 5 rings (SSSR count). The Bertz CT molecular complexity index is 1620. The predicted molar refractivity (Wildman–Crippen MR) is 168 cm³/mol. The quantitative estimate of drug-likeness (QED) is 0.207. The van der Waals surface area contributed by atoms with Crippen molar-refractivity contribution in [2.75, 3.05) is 6.61 Å². The summed E-state index contributed by atoms with van der Waals surface area (Å²) in [6, 6.07) is 30.4. The van der Waals surface area contributed by atoms with Gasteiger partial charge < -0.3 is 15.5 Å². The van der Waals surface area contributed by atoms with E-state index in [0.29, 0.717) is 17.0 Å². The van der Waals surface area contributed by atoms with Gasteiger partial charge in [0.25, 0.3) is 5.91 Å². The maximum absolute atomic E-state index is 13.3. The van der Waals surface area contributed by atoms with Crippen molar-refractivity contribution in [1.82, 2.24) is 5.32 Å². The minimum absolute atomic E-state index is 0.176. The molecule has 1 aliphatic carbocycles. The number of carbonyl (C=O) groups is 2. The summed E-state index contributed by atoms with van der Waals surface area (Å²) >= 11 is 0. The molecule has 0 heterocycles. The molecule has 0 aliphatic heterocycles. The van der Waals surface area contributed by atoms with Crippen molar-refractivity contribution in [3.8, 4) is 11.1 Å². The summed E-state index contributed by atoms with van der Waals surface area (Å²) in [6.07, 6.45) is 1.84. The average Bonchev–Trinajstić information content (AvgIpc) is 3.10. The highest BCUT2D eigenvalue weighted by molar-refractivity contribution is 5.96. The number of carbonyl (C=O) groups excluding carboxylic acids is 1. The van der Waals surface area contributed by atoms with Crippen LogP contribution in [0.4, 0.5) is 0 Å². The fourth-order valence-electron chi connectivity index (χ4n) is 6.08. The first kappa shape index (κ1) is 29.0. The molecule has 0 bridgehead atoms. The molecular formula is C37H37NO4. The third-order valence-electron chi connectivity index (χ3n) is 8.74. The number of aromatic carboxylic acids is 1. The Balaban J connectivity index is 1.36. The number of hydrogen-bond donors (Lipinski definition) is 3. The smallest absolute Gasteiger partial charge is 0.336 e. The van der Waals surface area contributed by atoms with Crippen LogP contribution in [0.3, 0.4) is 0 Å². The first-order valence-electron chi connectivity index (χ1n) is 14.5. The summed E-state index contributed by atoms with van der Waals surface area (Å²) in [5, 5.41) is 22.5. The van der Waals surface area contributed by atoms with E-state index in [0.717, 1.165) is 35.1 Å². The zero-order valence-electron chi connectivity index (χ0n) is 24.3. The summed E-state index contributed by atoms with van der Waals surface area (Å²) in [5.74, 6) is -0.492. The number of amides is 1. The van der Waals surface area contributed by atoms with E-state index in [-0.39, 0.29) is 18.4 Å². The monoisotopic (exact) mass is 559 g/mol. The third kappa shape index (κ3) is 6.07. The molecule has 5 nitrogen and oxygen atoms in total. The van der Waals surface area contributed by atoms with E-state index in [1.165, 1.54) is 22.3 Å². The van der Waals surface area contributed by atoms with Gasteiger partial charge in [-0.05, 0) is 95.7 Å². The van der Waals surface area contributed by atoms with E-state index in [1.54, 1.807) is 12.1 Å². The molecule has 214 valence electrons. The number of aliphatic hydroxyl groups is 1. The van der Waals surface area contributed by atoms with E-state index in [1.807, 2.05) is 66.7 Å². The second-order valence-corrected chi connectivity index (χ2v) is 11.3. The Morgan fingerprint density at radius 1 is 0.881 bits per heavy atom. The molecule has 0 saturated carbocycles. The number of fused-ring (bicyclic) bond motifs is 1. The maximum atomic E-state index is 13.3. The molecule has 3 unspecified atom stereocenters. The Kier molecular flexibility index (Phi) is 8.69. The summed E-state index contributed by atoms with van der Waals surface area (Å²) in [5.41, 5.74) is 9.43. The van der Waals surface area contributed by atoms with Crippen LogP contribution in [0.25, 0.3) is 16.7 Å². The first-order chi connectivity index (χ1) is 20.3. The Morgan fingerprint density at radius 3 is 2.26 bits per heavy atom. The van der Waals surface area contributed by atoms with Crippen LogP contribution >= 0.6 is 0 Å². The molecule has 4 aromatic carbocycles. The lowest BCUT2D eigenvalue weighted by Gasteiger charge is -2.24. The van der Waals surface area contributed by atoms with Crippen LogP contribution in [-0.2, 0) is 6.42 Å². The Hall–Kier alpha value is -4.48. The van der Waals surface area contributed by atoms with E-state index < -0.39 is 12.0 Å². The number of rotatable bonds is 8. The van der Waals surface area contributed by atoms with Gasteiger partial charge in [-0.2, -0.15) is 0 Å². The highest BCUT2D eigenvalue weighted by atomic mass is 16.4. The van der Waals surface area contributed by atoms with Gasteiger partial charge in [-0.25, -0.2) is 4.79 Å². The molecular weight excluding hydrogens is 522 g/mol. The molecule has 0 aromatic heterocycles. The fraction of sp³-hybridized carbons (Fsp3) is 0.243. The van der Waals surface area contributed by atoms with Crippen molar-refractivity contribution >= 4 is 17.4 Å². The van der Waals surface area contributed by atoms with E-state index >= 15 is 0 Å². The largest absolute Gasteiger partial charge is 0.478 e. The standard InChI is InChI=1S/C37H37NO4/c1-23-19-30(20-26-13-15-27(16-14-26)32-11-7-8-12-33(32)37(41)42)25(3)31-18-17-29(21-34(31)24(23)2)36(40)38-35(22-39)28-9-5-4-6-10-28/h4-18,21,25,30,35,39H,19-20,22H2,1-3H3,(H,38,40)(H,41,42). The first-order valence-corrected chi connectivity index (χ1v) is 14.5. The highest BCUT2D eigenvalue weighted by Gasteiger charge is 2.28. The number of allylic oxidation sites excluding steroid dienone is 2. The highest BCUT2D eigenvalue weighted by Crippen LogP contribution is 2.41. The lowest BCUT2D eigenvalue weighted by molar-refractivity contribution is 0.0697. The molecule has 1 amide bonds. The molecule has 3 atom stereocenters. The normalized spacial score (nSPS) is 17.2. The van der Waals surface area contributed by atoms with Gasteiger partial charge in [-0.1, -0.05) is 91.4 Å². The third-order valence-corrected chi connectivity index (χ3v) is 8.74. The van der Waals surface area contributed by atoms with Crippen LogP contribution in [0, 0.1) is 5.92 Å². The average molecular weight is 560 g/mol. The molecule has 0 saturated heterocycles. The molecule has 3 N–H and O–H groups in total. The Morgan fingerprint density at radius 2 is 1.57 bits per heavy atom. The molecule has 1 aliphatic rings. The lowest BCUT2D eigenvalue weighted by Crippen LogP contribution is -2.30. The Labute approximate surface area is 247 Å². The van der Waals surface area contributed by atoms with Crippen molar-refractivity contribution in [2.24, 2.45) is 5.92 Å². The van der Waals surface area contributed by atoms with Crippen LogP contribution in [0.5, 0.6) is 0 Å². The fourth-order valence-corrected chi connectivity index (χ4v) is 6.08. The number of carboxylic acid groups (broad SMARTS) is 1. The molecule has 0 fully saturated rings. The lowest BCUT2D eigenvalue weighted by atomic mass is 9.80. The van der Waals surface area contributed by atoms with Crippen molar-refractivity contribution in [3.63, 3.8) is 0 Å². The molecule has 42 heavy (non-hydrogen) atoms. The van der Waals surface area contributed by atoms with Crippen molar-refractivity contribution in [1.29, 1.82) is 0 Å². The second kappa shape index (κ2) is 12.6. The zero-order chi connectivity index (χ0) is 29.8. The molecule has 4 aromatic rings. The summed E-state index contributed by atoms with van der Waals surface area (Å²) < 4.78 is 0. The van der Waals surface area contributed by atoms with Gasteiger partial charge in [0.1, 0.15) is 0 Å². The number of nitrogens with one attached hydrogen (secondary N) is 1. The van der Waals surface area contributed by atoms with Gasteiger partial charge >= 0.3 is 5.97 Å². The van der Waals surface area contributed by atoms with Gasteiger partial charge in [0.2, 0.25) is 0 Å². The predicted octanol–water partition coefficient (Wildman–Crippen LogP) is 7.67. The molecule has 0 spiro atoms. The van der Waals surface area contributed by atoms with Crippen LogP contribution in [0.15, 0.2) is 103 Å². The zero-order valence-corrected chi connectivity index (χ0v) is 24.3. The number of carboxylic acids is 1. The van der Waals surface area contributed by atoms with E-state index in [4.69, 9.17) is 0 Å². The second-order valence-electron chi connectivity index (χ2n) is 11.3. The summed E-state index contributed by atoms with van der Waals surface area (Å²) in [6.45, 7) is 6.41. The topological polar surface area (TPSA) is 86.6 Å². The van der Waals surface area contributed by atoms with Crippen LogP contribution in [0.1, 0.15) is 82.1 Å². The maximum Gasteiger partial charge on any atom is 0.336 e. The minimum atomic E-state index is -0.927. The van der Waals surface area contributed by atoms with Crippen LogP contribution in [0.2, 0.25) is 0 Å². The van der Waals surface area contributed by atoms with Crippen molar-refractivity contribution < 1.29 is 19.8 Å².